The van der Waals surface area contributed by atoms with Gasteiger partial charge in [-0.3, -0.25) is 0 Å². The van der Waals surface area contributed by atoms with Crippen LogP contribution in [0, 0.1) is 0 Å². The van der Waals surface area contributed by atoms with E-state index in [4.69, 9.17) is 23.2 Å². The summed E-state index contributed by atoms with van der Waals surface area (Å²) in [6, 6.07) is 5.24. The lowest BCUT2D eigenvalue weighted by atomic mass is 9.88. The van der Waals surface area contributed by atoms with Crippen LogP contribution in [0.25, 0.3) is 0 Å². The molecule has 70 valence electrons. The highest BCUT2D eigenvalue weighted by Crippen LogP contribution is 2.36. The van der Waals surface area contributed by atoms with E-state index in [2.05, 4.69) is 5.32 Å². The van der Waals surface area contributed by atoms with Gasteiger partial charge in [0.25, 0.3) is 0 Å². The predicted octanol–water partition coefficient (Wildman–Crippen LogP) is 1.78. The van der Waals surface area contributed by atoms with Crippen LogP contribution in [0.1, 0.15) is 5.56 Å². The number of hydrogen-bond acceptors (Lipinski definition) is 2. The fourth-order valence-electron chi connectivity index (χ4n) is 1.48. The number of hydrogen-bond donors (Lipinski definition) is 2. The van der Waals surface area contributed by atoms with Gasteiger partial charge in [0.05, 0.1) is 0 Å². The third kappa shape index (κ3) is 1.44. The molecule has 2 N–H and O–H groups in total. The van der Waals surface area contributed by atoms with Crippen molar-refractivity contribution < 1.29 is 5.11 Å². The molecule has 0 aliphatic carbocycles. The Kier molecular flexibility index (Phi) is 2.24. The molecule has 0 amide bonds. The van der Waals surface area contributed by atoms with E-state index in [1.165, 1.54) is 0 Å². The minimum absolute atomic E-state index is 0.510. The van der Waals surface area contributed by atoms with E-state index in [0.29, 0.717) is 28.7 Å². The van der Waals surface area contributed by atoms with E-state index in [-0.39, 0.29) is 0 Å². The fraction of sp³-hybridized carbons (Fsp3) is 0.333. The Bertz CT molecular complexity index is 316. The van der Waals surface area contributed by atoms with Crippen molar-refractivity contribution in [1.29, 1.82) is 0 Å². The molecule has 4 heteroatoms. The molecule has 1 aromatic carbocycles. The number of benzene rings is 1. The van der Waals surface area contributed by atoms with Crippen molar-refractivity contribution in [2.75, 3.05) is 13.1 Å². The van der Waals surface area contributed by atoms with Crippen LogP contribution in [0.2, 0.25) is 10.0 Å². The van der Waals surface area contributed by atoms with Gasteiger partial charge in [-0.25, -0.2) is 0 Å². The van der Waals surface area contributed by atoms with Gasteiger partial charge in [-0.2, -0.15) is 0 Å². The molecule has 0 aromatic heterocycles. The minimum Gasteiger partial charge on any atom is -0.382 e. The number of aliphatic hydroxyl groups is 1. The van der Waals surface area contributed by atoms with E-state index in [1.54, 1.807) is 18.2 Å². The summed E-state index contributed by atoms with van der Waals surface area (Å²) in [6.07, 6.45) is 0. The predicted molar refractivity (Wildman–Crippen MR) is 53.2 cm³/mol. The van der Waals surface area contributed by atoms with Crippen LogP contribution in [-0.2, 0) is 5.60 Å². The third-order valence-electron chi connectivity index (χ3n) is 2.26. The maximum absolute atomic E-state index is 10.0. The maximum Gasteiger partial charge on any atom is 0.117 e. The Balaban J connectivity index is 2.49. The van der Waals surface area contributed by atoms with E-state index >= 15 is 0 Å². The molecule has 0 atom stereocenters. The Morgan fingerprint density at radius 1 is 1.23 bits per heavy atom. The quantitative estimate of drug-likeness (QED) is 0.753. The minimum atomic E-state index is -0.880. The van der Waals surface area contributed by atoms with Gasteiger partial charge in [-0.15, -0.1) is 0 Å². The summed E-state index contributed by atoms with van der Waals surface area (Å²) in [4.78, 5) is 0. The van der Waals surface area contributed by atoms with E-state index in [1.807, 2.05) is 0 Å². The highest BCUT2D eigenvalue weighted by Gasteiger charge is 2.39. The lowest BCUT2D eigenvalue weighted by Crippen LogP contribution is -2.57. The normalized spacial score (nSPS) is 19.6. The number of rotatable bonds is 1. The molecule has 0 bridgehead atoms. The van der Waals surface area contributed by atoms with Crippen LogP contribution < -0.4 is 5.32 Å². The van der Waals surface area contributed by atoms with Crippen LogP contribution in [0.3, 0.4) is 0 Å². The molecule has 1 aliphatic heterocycles. The van der Waals surface area contributed by atoms with Crippen LogP contribution in [0.5, 0.6) is 0 Å². The molecule has 2 nitrogen and oxygen atoms in total. The molecule has 2 rings (SSSR count). The lowest BCUT2D eigenvalue weighted by Gasteiger charge is -2.39. The van der Waals surface area contributed by atoms with Crippen LogP contribution in [0.15, 0.2) is 18.2 Å². The molecule has 0 spiro atoms. The van der Waals surface area contributed by atoms with Crippen molar-refractivity contribution >= 4 is 23.2 Å². The van der Waals surface area contributed by atoms with Gasteiger partial charge < -0.3 is 10.4 Å². The molecule has 0 saturated carbocycles. The molecule has 0 unspecified atom stereocenters. The summed E-state index contributed by atoms with van der Waals surface area (Å²) in [5.74, 6) is 0. The first-order valence-electron chi connectivity index (χ1n) is 4.01. The van der Waals surface area contributed by atoms with Gasteiger partial charge in [0.1, 0.15) is 5.60 Å². The SMILES string of the molecule is OC1(c2c(Cl)cccc2Cl)CNC1. The lowest BCUT2D eigenvalue weighted by molar-refractivity contribution is -0.0144. The maximum atomic E-state index is 10.0. The largest absolute Gasteiger partial charge is 0.382 e. The molecular formula is C9H9Cl2NO. The van der Waals surface area contributed by atoms with Crippen molar-refractivity contribution in [3.63, 3.8) is 0 Å². The third-order valence-corrected chi connectivity index (χ3v) is 2.89. The van der Waals surface area contributed by atoms with E-state index < -0.39 is 5.60 Å². The zero-order valence-corrected chi connectivity index (χ0v) is 8.36. The average Bonchev–Trinajstić information content (AvgIpc) is 2.01. The van der Waals surface area contributed by atoms with Gasteiger partial charge in [0.15, 0.2) is 0 Å². The second-order valence-corrected chi connectivity index (χ2v) is 4.05. The molecule has 1 aromatic rings. The summed E-state index contributed by atoms with van der Waals surface area (Å²) in [5.41, 5.74) is -0.243. The molecule has 0 radical (unpaired) electrons. The second kappa shape index (κ2) is 3.14. The standard InChI is InChI=1S/C9H9Cl2NO/c10-6-2-1-3-7(11)8(6)9(13)4-12-5-9/h1-3,12-13H,4-5H2. The van der Waals surface area contributed by atoms with Gasteiger partial charge in [0.2, 0.25) is 0 Å². The second-order valence-electron chi connectivity index (χ2n) is 3.23. The van der Waals surface area contributed by atoms with Crippen LogP contribution >= 0.6 is 23.2 Å². The van der Waals surface area contributed by atoms with Gasteiger partial charge in [0, 0.05) is 28.7 Å². The molecule has 1 fully saturated rings. The molecule has 1 heterocycles. The van der Waals surface area contributed by atoms with E-state index in [9.17, 15) is 5.11 Å². The van der Waals surface area contributed by atoms with Crippen LogP contribution in [0.4, 0.5) is 0 Å². The number of nitrogens with one attached hydrogen (secondary N) is 1. The fourth-order valence-corrected chi connectivity index (χ4v) is 2.23. The monoisotopic (exact) mass is 217 g/mol. The van der Waals surface area contributed by atoms with Crippen LogP contribution in [-0.4, -0.2) is 18.2 Å². The average molecular weight is 218 g/mol. The van der Waals surface area contributed by atoms with Crippen molar-refractivity contribution in [3.8, 4) is 0 Å². The zero-order valence-electron chi connectivity index (χ0n) is 6.85. The van der Waals surface area contributed by atoms with E-state index in [0.717, 1.165) is 0 Å². The Morgan fingerprint density at radius 2 is 1.77 bits per heavy atom. The summed E-state index contributed by atoms with van der Waals surface area (Å²) < 4.78 is 0. The number of halogens is 2. The molecule has 1 aliphatic rings. The Morgan fingerprint density at radius 3 is 2.15 bits per heavy atom. The molecule has 13 heavy (non-hydrogen) atoms. The van der Waals surface area contributed by atoms with Crippen molar-refractivity contribution in [2.45, 2.75) is 5.60 Å². The van der Waals surface area contributed by atoms with Gasteiger partial charge in [-0.05, 0) is 12.1 Å². The summed E-state index contributed by atoms with van der Waals surface area (Å²) in [7, 11) is 0. The molecular weight excluding hydrogens is 209 g/mol. The Hall–Kier alpha value is -0.280. The highest BCUT2D eigenvalue weighted by atomic mass is 35.5. The first-order valence-corrected chi connectivity index (χ1v) is 4.77. The first kappa shape index (κ1) is 9.28. The Labute approximate surface area is 86.5 Å². The van der Waals surface area contributed by atoms with Crippen molar-refractivity contribution in [3.05, 3.63) is 33.8 Å². The van der Waals surface area contributed by atoms with Crippen molar-refractivity contribution in [2.24, 2.45) is 0 Å². The highest BCUT2D eigenvalue weighted by molar-refractivity contribution is 6.36. The number of β-amino-alcohol motifs (C(OH)–C–C–N with tert-alkyl or cyclic N) is 1. The summed E-state index contributed by atoms with van der Waals surface area (Å²) in [6.45, 7) is 1.02. The van der Waals surface area contributed by atoms with Crippen molar-refractivity contribution in [1.82, 2.24) is 5.32 Å². The molecule has 1 saturated heterocycles. The zero-order chi connectivity index (χ0) is 9.47. The first-order chi connectivity index (χ1) is 6.13. The smallest absolute Gasteiger partial charge is 0.117 e. The van der Waals surface area contributed by atoms with Gasteiger partial charge in [-0.1, -0.05) is 29.3 Å². The topological polar surface area (TPSA) is 32.3 Å². The summed E-state index contributed by atoms with van der Waals surface area (Å²) >= 11 is 11.9. The van der Waals surface area contributed by atoms with Gasteiger partial charge >= 0.3 is 0 Å². The summed E-state index contributed by atoms with van der Waals surface area (Å²) in [5, 5.41) is 14.0.